The molecule has 16 heavy (non-hydrogen) atoms. The highest BCUT2D eigenvalue weighted by atomic mass is 35.5. The molecule has 0 aliphatic heterocycles. The molecule has 1 unspecified atom stereocenters. The molecule has 1 aliphatic rings. The van der Waals surface area contributed by atoms with Crippen molar-refractivity contribution in [1.29, 1.82) is 0 Å². The van der Waals surface area contributed by atoms with Gasteiger partial charge in [-0.25, -0.2) is 4.98 Å². The minimum atomic E-state index is -0.352. The maximum atomic E-state index is 9.67. The van der Waals surface area contributed by atoms with E-state index in [0.29, 0.717) is 28.3 Å². The molecule has 1 saturated carbocycles. The van der Waals surface area contributed by atoms with Gasteiger partial charge in [0.25, 0.3) is 0 Å². The lowest BCUT2D eigenvalue weighted by Crippen LogP contribution is -2.22. The monoisotopic (exact) mass is 261 g/mol. The summed E-state index contributed by atoms with van der Waals surface area (Å²) < 4.78 is 0. The van der Waals surface area contributed by atoms with Gasteiger partial charge in [-0.3, -0.25) is 0 Å². The Balaban J connectivity index is 2.00. The average Bonchev–Trinajstić information content (AvgIpc) is 3.04. The summed E-state index contributed by atoms with van der Waals surface area (Å²) in [5.74, 6) is 1.11. The van der Waals surface area contributed by atoms with Crippen LogP contribution in [0.3, 0.4) is 0 Å². The lowest BCUT2D eigenvalue weighted by atomic mass is 10.2. The molecule has 1 aromatic heterocycles. The van der Waals surface area contributed by atoms with Crippen LogP contribution < -0.4 is 11.1 Å². The minimum Gasteiger partial charge on any atom is -0.391 e. The molecule has 0 aromatic carbocycles. The van der Waals surface area contributed by atoms with E-state index in [9.17, 15) is 5.11 Å². The number of pyridine rings is 1. The maximum Gasteiger partial charge on any atom is 0.147 e. The van der Waals surface area contributed by atoms with Gasteiger partial charge in [0.1, 0.15) is 11.6 Å². The van der Waals surface area contributed by atoms with Crippen molar-refractivity contribution in [3.05, 3.63) is 16.1 Å². The highest BCUT2D eigenvalue weighted by Gasteiger charge is 2.29. The van der Waals surface area contributed by atoms with E-state index < -0.39 is 0 Å². The predicted octanol–water partition coefficient (Wildman–Crippen LogP) is 2.15. The van der Waals surface area contributed by atoms with E-state index in [1.165, 1.54) is 6.07 Å². The average molecular weight is 262 g/mol. The van der Waals surface area contributed by atoms with Crippen molar-refractivity contribution in [2.75, 3.05) is 17.6 Å². The Hall–Kier alpha value is -0.710. The van der Waals surface area contributed by atoms with Crippen LogP contribution in [0.25, 0.3) is 0 Å². The SMILES string of the molecule is Nc1nc(NCC(O)C2CC2)c(Cl)cc1Cl. The fourth-order valence-corrected chi connectivity index (χ4v) is 1.88. The molecule has 4 nitrogen and oxygen atoms in total. The lowest BCUT2D eigenvalue weighted by Gasteiger charge is -2.12. The van der Waals surface area contributed by atoms with E-state index in [2.05, 4.69) is 10.3 Å². The zero-order chi connectivity index (χ0) is 11.7. The van der Waals surface area contributed by atoms with Crippen molar-refractivity contribution in [2.45, 2.75) is 18.9 Å². The van der Waals surface area contributed by atoms with Crippen LogP contribution in [0.1, 0.15) is 12.8 Å². The van der Waals surface area contributed by atoms with E-state index >= 15 is 0 Å². The molecule has 2 rings (SSSR count). The molecule has 1 aliphatic carbocycles. The van der Waals surface area contributed by atoms with Gasteiger partial charge in [-0.2, -0.15) is 0 Å². The van der Waals surface area contributed by atoms with Crippen LogP contribution >= 0.6 is 23.2 Å². The van der Waals surface area contributed by atoms with Crippen LogP contribution in [-0.2, 0) is 0 Å². The molecule has 1 heterocycles. The van der Waals surface area contributed by atoms with Gasteiger partial charge in [-0.05, 0) is 24.8 Å². The Bertz CT molecular complexity index is 396. The number of nitrogens with zero attached hydrogens (tertiary/aromatic N) is 1. The van der Waals surface area contributed by atoms with E-state index in [-0.39, 0.29) is 11.9 Å². The molecule has 88 valence electrons. The Morgan fingerprint density at radius 2 is 2.19 bits per heavy atom. The van der Waals surface area contributed by atoms with Crippen molar-refractivity contribution >= 4 is 34.8 Å². The van der Waals surface area contributed by atoms with Crippen molar-refractivity contribution < 1.29 is 5.11 Å². The fraction of sp³-hybridized carbons (Fsp3) is 0.500. The number of aromatic nitrogens is 1. The zero-order valence-electron chi connectivity index (χ0n) is 8.58. The van der Waals surface area contributed by atoms with E-state index in [0.717, 1.165) is 12.8 Å². The predicted molar refractivity (Wildman–Crippen MR) is 65.9 cm³/mol. The Kier molecular flexibility index (Phi) is 3.42. The fourth-order valence-electron chi connectivity index (χ4n) is 1.45. The number of anilines is 2. The third-order valence-electron chi connectivity index (χ3n) is 2.60. The standard InChI is InChI=1S/C10H13Cl2N3O/c11-6-3-7(12)10(15-9(6)13)14-4-8(16)5-1-2-5/h3,5,8,16H,1-2,4H2,(H3,13,14,15). The molecule has 1 atom stereocenters. The molecule has 4 N–H and O–H groups in total. The highest BCUT2D eigenvalue weighted by Crippen LogP contribution is 2.33. The molecule has 0 amide bonds. The van der Waals surface area contributed by atoms with Gasteiger partial charge in [-0.15, -0.1) is 0 Å². The number of nitrogens with one attached hydrogen (secondary N) is 1. The summed E-state index contributed by atoms with van der Waals surface area (Å²) in [6, 6.07) is 1.54. The number of aliphatic hydroxyl groups is 1. The topological polar surface area (TPSA) is 71.2 Å². The van der Waals surface area contributed by atoms with Gasteiger partial charge >= 0.3 is 0 Å². The largest absolute Gasteiger partial charge is 0.391 e. The first-order chi connectivity index (χ1) is 7.58. The summed E-state index contributed by atoms with van der Waals surface area (Å²) in [5, 5.41) is 13.4. The Labute approximate surface area is 104 Å². The minimum absolute atomic E-state index is 0.231. The number of nitrogen functional groups attached to an aromatic ring is 1. The van der Waals surface area contributed by atoms with Crippen molar-refractivity contribution in [3.8, 4) is 0 Å². The van der Waals surface area contributed by atoms with Crippen molar-refractivity contribution in [2.24, 2.45) is 5.92 Å². The summed E-state index contributed by atoms with van der Waals surface area (Å²) in [5.41, 5.74) is 5.56. The Morgan fingerprint density at radius 1 is 1.50 bits per heavy atom. The Morgan fingerprint density at radius 3 is 2.81 bits per heavy atom. The molecular weight excluding hydrogens is 249 g/mol. The first-order valence-corrected chi connectivity index (χ1v) is 5.87. The van der Waals surface area contributed by atoms with Gasteiger partial charge < -0.3 is 16.2 Å². The normalized spacial score (nSPS) is 17.2. The van der Waals surface area contributed by atoms with Crippen LogP contribution in [0.5, 0.6) is 0 Å². The molecule has 0 saturated heterocycles. The van der Waals surface area contributed by atoms with Crippen LogP contribution in [0.2, 0.25) is 10.0 Å². The molecule has 1 fully saturated rings. The van der Waals surface area contributed by atoms with Crippen molar-refractivity contribution in [3.63, 3.8) is 0 Å². The first-order valence-electron chi connectivity index (χ1n) is 5.11. The molecule has 0 spiro atoms. The number of aliphatic hydroxyl groups excluding tert-OH is 1. The second-order valence-corrected chi connectivity index (χ2v) is 4.79. The third-order valence-corrected chi connectivity index (χ3v) is 3.19. The zero-order valence-corrected chi connectivity index (χ0v) is 10.1. The molecule has 1 aromatic rings. The van der Waals surface area contributed by atoms with Gasteiger partial charge in [0, 0.05) is 6.54 Å². The summed E-state index contributed by atoms with van der Waals surface area (Å²) >= 11 is 11.7. The van der Waals surface area contributed by atoms with Gasteiger partial charge in [0.05, 0.1) is 16.1 Å². The van der Waals surface area contributed by atoms with Gasteiger partial charge in [0.2, 0.25) is 0 Å². The summed E-state index contributed by atoms with van der Waals surface area (Å²) in [6.45, 7) is 0.429. The molecule has 0 radical (unpaired) electrons. The van der Waals surface area contributed by atoms with E-state index in [1.54, 1.807) is 0 Å². The summed E-state index contributed by atoms with van der Waals surface area (Å²) in [7, 11) is 0. The summed E-state index contributed by atoms with van der Waals surface area (Å²) in [4.78, 5) is 4.02. The second-order valence-electron chi connectivity index (χ2n) is 3.97. The lowest BCUT2D eigenvalue weighted by molar-refractivity contribution is 0.164. The number of hydrogen-bond acceptors (Lipinski definition) is 4. The smallest absolute Gasteiger partial charge is 0.147 e. The van der Waals surface area contributed by atoms with Crippen LogP contribution in [-0.4, -0.2) is 22.7 Å². The quantitative estimate of drug-likeness (QED) is 0.777. The number of rotatable bonds is 4. The van der Waals surface area contributed by atoms with Gasteiger partial charge in [0.15, 0.2) is 0 Å². The van der Waals surface area contributed by atoms with Crippen molar-refractivity contribution in [1.82, 2.24) is 4.98 Å². The van der Waals surface area contributed by atoms with Crippen LogP contribution in [0.4, 0.5) is 11.6 Å². The van der Waals surface area contributed by atoms with Crippen LogP contribution in [0, 0.1) is 5.92 Å². The van der Waals surface area contributed by atoms with E-state index in [1.807, 2.05) is 0 Å². The second kappa shape index (κ2) is 4.65. The highest BCUT2D eigenvalue weighted by molar-refractivity contribution is 6.37. The maximum absolute atomic E-state index is 9.67. The first kappa shape index (κ1) is 11.8. The van der Waals surface area contributed by atoms with Crippen LogP contribution in [0.15, 0.2) is 6.07 Å². The van der Waals surface area contributed by atoms with Gasteiger partial charge in [-0.1, -0.05) is 23.2 Å². The third kappa shape index (κ3) is 2.70. The number of halogens is 2. The molecule has 0 bridgehead atoms. The molecular formula is C10H13Cl2N3O. The summed E-state index contributed by atoms with van der Waals surface area (Å²) in [6.07, 6.45) is 1.83. The molecule has 6 heteroatoms. The number of nitrogens with two attached hydrogens (primary N) is 1. The van der Waals surface area contributed by atoms with E-state index in [4.69, 9.17) is 28.9 Å². The number of hydrogen-bond donors (Lipinski definition) is 3.